The maximum absolute atomic E-state index is 13.0. The molecule has 2 N–H and O–H groups in total. The zero-order valence-electron chi connectivity index (χ0n) is 15.5. The van der Waals surface area contributed by atoms with Crippen molar-refractivity contribution in [3.05, 3.63) is 11.4 Å². The van der Waals surface area contributed by atoms with Crippen LogP contribution in [-0.4, -0.2) is 72.5 Å². The van der Waals surface area contributed by atoms with Gasteiger partial charge in [-0.3, -0.25) is 9.89 Å². The molecule has 0 aliphatic carbocycles. The number of amides is 1. The highest BCUT2D eigenvalue weighted by molar-refractivity contribution is 7.89. The summed E-state index contributed by atoms with van der Waals surface area (Å²) in [7, 11) is -3.63. The van der Waals surface area contributed by atoms with Crippen LogP contribution in [0.5, 0.6) is 0 Å². The number of aryl methyl sites for hydroxylation is 2. The number of piperidine rings is 1. The van der Waals surface area contributed by atoms with Crippen LogP contribution in [0.2, 0.25) is 0 Å². The molecule has 2 saturated heterocycles. The van der Waals surface area contributed by atoms with Crippen LogP contribution in [0.15, 0.2) is 4.90 Å². The van der Waals surface area contributed by atoms with Gasteiger partial charge in [0.2, 0.25) is 15.9 Å². The van der Waals surface area contributed by atoms with E-state index >= 15 is 0 Å². The minimum Gasteiger partial charge on any atom is -0.340 e. The zero-order valence-corrected chi connectivity index (χ0v) is 17.1. The van der Waals surface area contributed by atoms with Crippen LogP contribution in [0, 0.1) is 19.8 Å². The van der Waals surface area contributed by atoms with Crippen molar-refractivity contribution in [2.24, 2.45) is 5.92 Å². The molecule has 1 amide bonds. The standard InChI is InChI=1S/C16H27N5O3S.ClH/c1-11-9-20(8-6-17-11)16(22)14-5-4-7-21(10-14)25(23,24)15-12(2)18-19-13(15)3;/h11,14,17H,4-10H2,1-3H3,(H,18,19);1H. The van der Waals surface area contributed by atoms with Gasteiger partial charge in [0, 0.05) is 38.8 Å². The summed E-state index contributed by atoms with van der Waals surface area (Å²) in [6, 6.07) is 0.275. The average Bonchev–Trinajstić information content (AvgIpc) is 2.93. The van der Waals surface area contributed by atoms with E-state index in [1.165, 1.54) is 4.31 Å². The first-order chi connectivity index (χ1) is 11.8. The second-order valence-electron chi connectivity index (χ2n) is 7.10. The number of hydrogen-bond donors (Lipinski definition) is 2. The molecule has 0 aromatic carbocycles. The highest BCUT2D eigenvalue weighted by Crippen LogP contribution is 2.27. The largest absolute Gasteiger partial charge is 0.340 e. The van der Waals surface area contributed by atoms with Gasteiger partial charge in [-0.05, 0) is 33.6 Å². The van der Waals surface area contributed by atoms with Crippen molar-refractivity contribution in [1.82, 2.24) is 24.7 Å². The molecule has 2 aliphatic rings. The van der Waals surface area contributed by atoms with Gasteiger partial charge < -0.3 is 10.2 Å². The van der Waals surface area contributed by atoms with Gasteiger partial charge in [0.1, 0.15) is 4.90 Å². The van der Waals surface area contributed by atoms with E-state index in [1.54, 1.807) is 13.8 Å². The van der Waals surface area contributed by atoms with Crippen LogP contribution in [0.4, 0.5) is 0 Å². The fourth-order valence-electron chi connectivity index (χ4n) is 3.80. The van der Waals surface area contributed by atoms with E-state index in [4.69, 9.17) is 0 Å². The predicted molar refractivity (Wildman–Crippen MR) is 101 cm³/mol. The molecule has 0 spiro atoms. The fraction of sp³-hybridized carbons (Fsp3) is 0.750. The second-order valence-corrected chi connectivity index (χ2v) is 8.98. The second kappa shape index (κ2) is 8.24. The minimum absolute atomic E-state index is 0. The van der Waals surface area contributed by atoms with Gasteiger partial charge in [-0.15, -0.1) is 12.4 Å². The van der Waals surface area contributed by atoms with Gasteiger partial charge in [0.25, 0.3) is 0 Å². The summed E-state index contributed by atoms with van der Waals surface area (Å²) in [4.78, 5) is 15.0. The van der Waals surface area contributed by atoms with Crippen LogP contribution in [0.1, 0.15) is 31.2 Å². The predicted octanol–water partition coefficient (Wildman–Crippen LogP) is 0.669. The number of aromatic nitrogens is 2. The number of piperazine rings is 1. The average molecular weight is 406 g/mol. The Morgan fingerprint density at radius 1 is 1.23 bits per heavy atom. The van der Waals surface area contributed by atoms with E-state index in [0.717, 1.165) is 13.0 Å². The maximum atomic E-state index is 13.0. The van der Waals surface area contributed by atoms with E-state index < -0.39 is 10.0 Å². The van der Waals surface area contributed by atoms with E-state index in [-0.39, 0.29) is 41.7 Å². The monoisotopic (exact) mass is 405 g/mol. The number of halogens is 1. The molecular weight excluding hydrogens is 378 g/mol. The van der Waals surface area contributed by atoms with Crippen LogP contribution < -0.4 is 5.32 Å². The van der Waals surface area contributed by atoms with Crippen molar-refractivity contribution < 1.29 is 13.2 Å². The zero-order chi connectivity index (χ0) is 18.2. The lowest BCUT2D eigenvalue weighted by Gasteiger charge is -2.37. The van der Waals surface area contributed by atoms with Gasteiger partial charge in [-0.2, -0.15) is 9.40 Å². The SMILES string of the molecule is Cc1n[nH]c(C)c1S(=O)(=O)N1CCCC(C(=O)N2CCNC(C)C2)C1.Cl. The fourth-order valence-corrected chi connectivity index (χ4v) is 5.66. The molecule has 26 heavy (non-hydrogen) atoms. The number of nitrogens with one attached hydrogen (secondary N) is 2. The third kappa shape index (κ3) is 4.05. The Morgan fingerprint density at radius 2 is 1.96 bits per heavy atom. The summed E-state index contributed by atoms with van der Waals surface area (Å²) in [5.41, 5.74) is 1.02. The van der Waals surface area contributed by atoms with Crippen molar-refractivity contribution >= 4 is 28.3 Å². The van der Waals surface area contributed by atoms with Gasteiger partial charge in [-0.1, -0.05) is 0 Å². The summed E-state index contributed by atoms with van der Waals surface area (Å²) >= 11 is 0. The topological polar surface area (TPSA) is 98.4 Å². The molecule has 2 fully saturated rings. The van der Waals surface area contributed by atoms with Crippen molar-refractivity contribution in [2.45, 2.75) is 44.6 Å². The van der Waals surface area contributed by atoms with Crippen molar-refractivity contribution in [3.63, 3.8) is 0 Å². The van der Waals surface area contributed by atoms with E-state index in [0.29, 0.717) is 37.4 Å². The number of aromatic amines is 1. The first kappa shape index (κ1) is 21.1. The molecule has 10 heteroatoms. The van der Waals surface area contributed by atoms with E-state index in [2.05, 4.69) is 22.4 Å². The van der Waals surface area contributed by atoms with Crippen molar-refractivity contribution in [3.8, 4) is 0 Å². The van der Waals surface area contributed by atoms with Crippen molar-refractivity contribution in [2.75, 3.05) is 32.7 Å². The Labute approximate surface area is 161 Å². The van der Waals surface area contributed by atoms with E-state index in [1.807, 2.05) is 4.90 Å². The normalized spacial score (nSPS) is 25.0. The number of carbonyl (C=O) groups is 1. The first-order valence-corrected chi connectivity index (χ1v) is 10.3. The molecule has 2 aliphatic heterocycles. The van der Waals surface area contributed by atoms with Crippen LogP contribution >= 0.6 is 12.4 Å². The molecule has 1 aromatic rings. The Kier molecular flexibility index (Phi) is 6.70. The molecule has 2 unspecified atom stereocenters. The van der Waals surface area contributed by atoms with Gasteiger partial charge >= 0.3 is 0 Å². The summed E-state index contributed by atoms with van der Waals surface area (Å²) in [6.07, 6.45) is 1.44. The van der Waals surface area contributed by atoms with Crippen LogP contribution in [0.25, 0.3) is 0 Å². The summed E-state index contributed by atoms with van der Waals surface area (Å²) in [5, 5.41) is 10.1. The molecule has 3 rings (SSSR count). The Bertz CT molecular complexity index is 732. The quantitative estimate of drug-likeness (QED) is 0.770. The molecular formula is C16H28ClN5O3S. The third-order valence-corrected chi connectivity index (χ3v) is 7.20. The van der Waals surface area contributed by atoms with Gasteiger partial charge in [-0.25, -0.2) is 8.42 Å². The minimum atomic E-state index is -3.63. The first-order valence-electron chi connectivity index (χ1n) is 8.84. The smallest absolute Gasteiger partial charge is 0.246 e. The van der Waals surface area contributed by atoms with Crippen molar-refractivity contribution in [1.29, 1.82) is 0 Å². The molecule has 0 bridgehead atoms. The number of H-pyrrole nitrogens is 1. The highest BCUT2D eigenvalue weighted by Gasteiger charge is 2.37. The Hall–Kier alpha value is -1.16. The molecule has 3 heterocycles. The van der Waals surface area contributed by atoms with Crippen LogP contribution in [-0.2, 0) is 14.8 Å². The van der Waals surface area contributed by atoms with E-state index in [9.17, 15) is 13.2 Å². The van der Waals surface area contributed by atoms with Gasteiger partial charge in [0.15, 0.2) is 0 Å². The lowest BCUT2D eigenvalue weighted by atomic mass is 9.97. The molecule has 0 radical (unpaired) electrons. The van der Waals surface area contributed by atoms with Gasteiger partial charge in [0.05, 0.1) is 17.3 Å². The maximum Gasteiger partial charge on any atom is 0.246 e. The molecule has 148 valence electrons. The summed E-state index contributed by atoms with van der Waals surface area (Å²) in [5.74, 6) is -0.185. The molecule has 2 atom stereocenters. The third-order valence-electron chi connectivity index (χ3n) is 5.07. The van der Waals surface area contributed by atoms with Crippen LogP contribution in [0.3, 0.4) is 0 Å². The Morgan fingerprint density at radius 3 is 2.58 bits per heavy atom. The molecule has 0 saturated carbocycles. The Balaban J connectivity index is 0.00000243. The molecule has 8 nitrogen and oxygen atoms in total. The number of rotatable bonds is 3. The number of nitrogens with zero attached hydrogens (tertiary/aromatic N) is 3. The number of sulfonamides is 1. The number of hydrogen-bond acceptors (Lipinski definition) is 5. The molecule has 1 aromatic heterocycles. The summed E-state index contributed by atoms with van der Waals surface area (Å²) in [6.45, 7) is 8.31. The lowest BCUT2D eigenvalue weighted by molar-refractivity contribution is -0.137. The highest BCUT2D eigenvalue weighted by atomic mass is 35.5. The lowest BCUT2D eigenvalue weighted by Crippen LogP contribution is -2.54. The number of carbonyl (C=O) groups excluding carboxylic acids is 1. The summed E-state index contributed by atoms with van der Waals surface area (Å²) < 4.78 is 27.5.